The second-order valence-electron chi connectivity index (χ2n) is 2.49. The van der Waals surface area contributed by atoms with Gasteiger partial charge in [-0.3, -0.25) is 0 Å². The number of aliphatic hydroxyl groups is 1. The van der Waals surface area contributed by atoms with Gasteiger partial charge in [-0.1, -0.05) is 43.8 Å². The fraction of sp³-hybridized carbons (Fsp3) is 0.273. The molecule has 0 amide bonds. The van der Waals surface area contributed by atoms with Crippen molar-refractivity contribution in [3.63, 3.8) is 0 Å². The first kappa shape index (κ1) is 10.9. The van der Waals surface area contributed by atoms with Crippen LogP contribution in [0.25, 0.3) is 0 Å². The van der Waals surface area contributed by atoms with E-state index in [1.165, 1.54) is 0 Å². The quantitative estimate of drug-likeness (QED) is 0.680. The summed E-state index contributed by atoms with van der Waals surface area (Å²) in [7, 11) is 0. The average Bonchev–Trinajstić information content (AvgIpc) is 2.06. The number of benzene rings is 1. The van der Waals surface area contributed by atoms with Crippen molar-refractivity contribution < 1.29 is 5.11 Å². The highest BCUT2D eigenvalue weighted by Gasteiger charge is 1.97. The molecule has 1 aromatic rings. The fourth-order valence-electron chi connectivity index (χ4n) is 0.939. The molecule has 0 fully saturated rings. The molecule has 1 atom stereocenters. The lowest BCUT2D eigenvalue weighted by atomic mass is 10.1. The van der Waals surface area contributed by atoms with Crippen LogP contribution in [0.15, 0.2) is 43.0 Å². The van der Waals surface area contributed by atoms with Gasteiger partial charge >= 0.3 is 0 Å². The first-order chi connectivity index (χ1) is 5.33. The van der Waals surface area contributed by atoms with Crippen molar-refractivity contribution in [2.45, 2.75) is 20.0 Å². The Morgan fingerprint density at radius 3 is 2.42 bits per heavy atom. The summed E-state index contributed by atoms with van der Waals surface area (Å²) in [6.45, 7) is 3.51. The van der Waals surface area contributed by atoms with Gasteiger partial charge in [-0.2, -0.15) is 0 Å². The molecule has 1 N–H and O–H groups in total. The van der Waals surface area contributed by atoms with Crippen molar-refractivity contribution in [3.05, 3.63) is 48.6 Å². The highest BCUT2D eigenvalue weighted by Crippen LogP contribution is 2.02. The highest BCUT2D eigenvalue weighted by atomic mass is 16.3. The van der Waals surface area contributed by atoms with Crippen LogP contribution in [0.1, 0.15) is 13.0 Å². The normalized spacial score (nSPS) is 11.4. The molecule has 0 saturated heterocycles. The predicted molar refractivity (Wildman–Crippen MR) is 53.1 cm³/mol. The molecule has 1 rings (SSSR count). The Balaban J connectivity index is 0.00000121. The molecule has 0 aliphatic carbocycles. The first-order valence-corrected chi connectivity index (χ1v) is 3.67. The van der Waals surface area contributed by atoms with Crippen LogP contribution >= 0.6 is 0 Å². The van der Waals surface area contributed by atoms with E-state index in [-0.39, 0.29) is 7.43 Å². The van der Waals surface area contributed by atoms with Crippen LogP contribution in [-0.2, 0) is 6.42 Å². The molecular weight excluding hydrogens is 148 g/mol. The Kier molecular flexibility index (Phi) is 5.06. The van der Waals surface area contributed by atoms with E-state index in [9.17, 15) is 5.11 Å². The van der Waals surface area contributed by atoms with Gasteiger partial charge in [-0.05, 0) is 5.56 Å². The molecule has 0 aliphatic heterocycles. The number of aliphatic hydroxyl groups excluding tert-OH is 1. The van der Waals surface area contributed by atoms with E-state index in [0.717, 1.165) is 5.56 Å². The van der Waals surface area contributed by atoms with E-state index in [4.69, 9.17) is 0 Å². The van der Waals surface area contributed by atoms with Crippen molar-refractivity contribution in [1.82, 2.24) is 0 Å². The maximum absolute atomic E-state index is 9.19. The lowest BCUT2D eigenvalue weighted by Gasteiger charge is -2.03. The fourth-order valence-corrected chi connectivity index (χ4v) is 0.939. The third-order valence-electron chi connectivity index (χ3n) is 1.56. The van der Waals surface area contributed by atoms with Crippen molar-refractivity contribution in [2.24, 2.45) is 0 Å². The van der Waals surface area contributed by atoms with Crippen LogP contribution in [0, 0.1) is 0 Å². The molecule has 1 unspecified atom stereocenters. The smallest absolute Gasteiger partial charge is 0.0758 e. The second kappa shape index (κ2) is 5.56. The lowest BCUT2D eigenvalue weighted by Crippen LogP contribution is -2.05. The summed E-state index contributed by atoms with van der Waals surface area (Å²) in [5, 5.41) is 9.19. The van der Waals surface area contributed by atoms with E-state index in [1.54, 1.807) is 6.08 Å². The monoisotopic (exact) mass is 164 g/mol. The minimum absolute atomic E-state index is 0. The molecule has 0 bridgehead atoms. The van der Waals surface area contributed by atoms with E-state index in [2.05, 4.69) is 6.58 Å². The average molecular weight is 164 g/mol. The molecule has 1 nitrogen and oxygen atoms in total. The summed E-state index contributed by atoms with van der Waals surface area (Å²) < 4.78 is 0. The third kappa shape index (κ3) is 3.35. The first-order valence-electron chi connectivity index (χ1n) is 3.67. The van der Waals surface area contributed by atoms with Gasteiger partial charge in [0.05, 0.1) is 6.10 Å². The summed E-state index contributed by atoms with van der Waals surface area (Å²) in [5.74, 6) is 0. The molecule has 1 heteroatoms. The van der Waals surface area contributed by atoms with Crippen LogP contribution in [0.4, 0.5) is 0 Å². The zero-order chi connectivity index (χ0) is 8.10. The summed E-state index contributed by atoms with van der Waals surface area (Å²) in [6.07, 6.45) is 1.79. The Hall–Kier alpha value is -1.08. The van der Waals surface area contributed by atoms with Crippen LogP contribution in [0.2, 0.25) is 0 Å². The van der Waals surface area contributed by atoms with Gasteiger partial charge in [0.25, 0.3) is 0 Å². The van der Waals surface area contributed by atoms with Crippen LogP contribution in [0.3, 0.4) is 0 Å². The summed E-state index contributed by atoms with van der Waals surface area (Å²) in [6, 6.07) is 9.87. The lowest BCUT2D eigenvalue weighted by molar-refractivity contribution is 0.224. The number of hydrogen-bond donors (Lipinski definition) is 1. The maximum atomic E-state index is 9.19. The summed E-state index contributed by atoms with van der Waals surface area (Å²) in [4.78, 5) is 0. The molecule has 12 heavy (non-hydrogen) atoms. The summed E-state index contributed by atoms with van der Waals surface area (Å²) >= 11 is 0. The third-order valence-corrected chi connectivity index (χ3v) is 1.56. The maximum Gasteiger partial charge on any atom is 0.0758 e. The molecule has 0 radical (unpaired) electrons. The van der Waals surface area contributed by atoms with Crippen LogP contribution < -0.4 is 0 Å². The minimum Gasteiger partial charge on any atom is -0.389 e. The number of hydrogen-bond acceptors (Lipinski definition) is 1. The van der Waals surface area contributed by atoms with Gasteiger partial charge in [-0.15, -0.1) is 6.58 Å². The Bertz CT molecular complexity index is 216. The summed E-state index contributed by atoms with van der Waals surface area (Å²) in [5.41, 5.74) is 1.14. The Morgan fingerprint density at radius 2 is 1.92 bits per heavy atom. The Labute approximate surface area is 74.4 Å². The van der Waals surface area contributed by atoms with Gasteiger partial charge in [-0.25, -0.2) is 0 Å². The minimum atomic E-state index is -0.419. The molecule has 0 saturated carbocycles. The Morgan fingerprint density at radius 1 is 1.33 bits per heavy atom. The molecule has 66 valence electrons. The predicted octanol–water partition coefficient (Wildman–Crippen LogP) is 2.41. The number of rotatable bonds is 3. The van der Waals surface area contributed by atoms with E-state index in [1.807, 2.05) is 30.3 Å². The molecule has 1 aromatic carbocycles. The molecule has 0 spiro atoms. The van der Waals surface area contributed by atoms with Crippen molar-refractivity contribution in [1.29, 1.82) is 0 Å². The van der Waals surface area contributed by atoms with E-state index < -0.39 is 6.10 Å². The van der Waals surface area contributed by atoms with Gasteiger partial charge < -0.3 is 5.11 Å². The van der Waals surface area contributed by atoms with Gasteiger partial charge in [0, 0.05) is 6.42 Å². The van der Waals surface area contributed by atoms with Crippen LogP contribution in [0.5, 0.6) is 0 Å². The van der Waals surface area contributed by atoms with Gasteiger partial charge in [0.15, 0.2) is 0 Å². The standard InChI is InChI=1S/C10H12O.CH4/c1-2-10(11)8-9-6-4-3-5-7-9;/h2-7,10-11H,1,8H2;1H4. The zero-order valence-corrected chi connectivity index (χ0v) is 6.40. The largest absolute Gasteiger partial charge is 0.389 e. The van der Waals surface area contributed by atoms with E-state index >= 15 is 0 Å². The zero-order valence-electron chi connectivity index (χ0n) is 6.40. The van der Waals surface area contributed by atoms with Crippen molar-refractivity contribution in [2.75, 3.05) is 0 Å². The van der Waals surface area contributed by atoms with Gasteiger partial charge in [0.1, 0.15) is 0 Å². The topological polar surface area (TPSA) is 20.2 Å². The SMILES string of the molecule is C.C=CC(O)Cc1ccccc1. The highest BCUT2D eigenvalue weighted by molar-refractivity contribution is 5.16. The molecule has 0 heterocycles. The van der Waals surface area contributed by atoms with Crippen LogP contribution in [-0.4, -0.2) is 11.2 Å². The van der Waals surface area contributed by atoms with Crippen molar-refractivity contribution >= 4 is 0 Å². The second-order valence-corrected chi connectivity index (χ2v) is 2.49. The molecule has 0 aromatic heterocycles. The van der Waals surface area contributed by atoms with Crippen molar-refractivity contribution in [3.8, 4) is 0 Å². The van der Waals surface area contributed by atoms with Gasteiger partial charge in [0.2, 0.25) is 0 Å². The molecular formula is C11H16O. The molecule has 0 aliphatic rings. The van der Waals surface area contributed by atoms with E-state index in [0.29, 0.717) is 6.42 Å².